The zero-order valence-electron chi connectivity index (χ0n) is 12.3. The number of hydrogen-bond acceptors (Lipinski definition) is 5. The fourth-order valence-corrected chi connectivity index (χ4v) is 3.39. The minimum Gasteiger partial charge on any atom is -0.360 e. The first-order valence-corrected chi connectivity index (χ1v) is 8.06. The van der Waals surface area contributed by atoms with Crippen molar-refractivity contribution in [1.29, 1.82) is 0 Å². The van der Waals surface area contributed by atoms with Gasteiger partial charge in [0.05, 0.1) is 17.6 Å². The lowest BCUT2D eigenvalue weighted by Crippen LogP contribution is -2.24. The van der Waals surface area contributed by atoms with Crippen LogP contribution in [0.15, 0.2) is 33.8 Å². The fourth-order valence-electron chi connectivity index (χ4n) is 2.12. The lowest BCUT2D eigenvalue weighted by Gasteiger charge is -2.13. The van der Waals surface area contributed by atoms with E-state index in [0.29, 0.717) is 12.3 Å². The van der Waals surface area contributed by atoms with E-state index in [0.717, 1.165) is 16.7 Å². The molecule has 0 aliphatic rings. The van der Waals surface area contributed by atoms with Gasteiger partial charge >= 0.3 is 0 Å². The Labute approximate surface area is 124 Å². The molecule has 1 heterocycles. The Morgan fingerprint density at radius 3 is 2.57 bits per heavy atom. The van der Waals surface area contributed by atoms with Gasteiger partial charge in [0.1, 0.15) is 0 Å². The number of aromatic nitrogens is 1. The minimum atomic E-state index is -3.59. The Bertz CT molecular complexity index is 709. The average molecular weight is 309 g/mol. The van der Waals surface area contributed by atoms with Crippen molar-refractivity contribution in [2.75, 3.05) is 7.05 Å². The van der Waals surface area contributed by atoms with Gasteiger partial charge in [0.2, 0.25) is 10.0 Å². The molecule has 0 atom stereocenters. The Balaban J connectivity index is 2.28. The molecule has 0 fully saturated rings. The maximum atomic E-state index is 12.4. The van der Waals surface area contributed by atoms with Crippen molar-refractivity contribution >= 4 is 10.0 Å². The van der Waals surface area contributed by atoms with Gasteiger partial charge in [0.15, 0.2) is 5.76 Å². The van der Waals surface area contributed by atoms with Crippen LogP contribution in [-0.2, 0) is 23.1 Å². The van der Waals surface area contributed by atoms with E-state index in [9.17, 15) is 8.42 Å². The zero-order chi connectivity index (χ0) is 15.5. The number of benzene rings is 1. The molecular weight excluding hydrogens is 290 g/mol. The van der Waals surface area contributed by atoms with Gasteiger partial charge in [-0.15, -0.1) is 0 Å². The first-order valence-electron chi connectivity index (χ1n) is 6.58. The highest BCUT2D eigenvalue weighted by Crippen LogP contribution is 2.20. The number of hydrogen-bond donors (Lipinski definition) is 2. The van der Waals surface area contributed by atoms with E-state index in [2.05, 4.69) is 15.2 Å². The lowest BCUT2D eigenvalue weighted by molar-refractivity contribution is 0.380. The number of rotatable bonds is 6. The summed E-state index contributed by atoms with van der Waals surface area (Å²) in [5.41, 5.74) is 2.75. The van der Waals surface area contributed by atoms with Crippen molar-refractivity contribution in [3.8, 4) is 0 Å². The van der Waals surface area contributed by atoms with Gasteiger partial charge in [0, 0.05) is 12.6 Å². The van der Waals surface area contributed by atoms with Gasteiger partial charge in [-0.25, -0.2) is 13.1 Å². The summed E-state index contributed by atoms with van der Waals surface area (Å²) in [4.78, 5) is 0.290. The van der Waals surface area contributed by atoms with Crippen LogP contribution >= 0.6 is 0 Å². The smallest absolute Gasteiger partial charge is 0.241 e. The van der Waals surface area contributed by atoms with Crippen molar-refractivity contribution in [3.05, 3.63) is 46.8 Å². The van der Waals surface area contributed by atoms with Crippen LogP contribution < -0.4 is 10.0 Å². The van der Waals surface area contributed by atoms with E-state index in [4.69, 9.17) is 4.52 Å². The summed E-state index contributed by atoms with van der Waals surface area (Å²) in [7, 11) is -1.76. The largest absolute Gasteiger partial charge is 0.360 e. The number of aryl methyl sites for hydroxylation is 2. The van der Waals surface area contributed by atoms with Gasteiger partial charge in [0.25, 0.3) is 0 Å². The van der Waals surface area contributed by atoms with Gasteiger partial charge < -0.3 is 9.84 Å². The molecule has 6 nitrogen and oxygen atoms in total. The molecule has 0 amide bonds. The number of nitrogens with one attached hydrogen (secondary N) is 2. The summed E-state index contributed by atoms with van der Waals surface area (Å²) in [6, 6.07) is 5.22. The molecule has 0 unspecified atom stereocenters. The number of nitrogens with zero attached hydrogens (tertiary/aromatic N) is 1. The predicted molar refractivity (Wildman–Crippen MR) is 79.2 cm³/mol. The molecule has 0 saturated carbocycles. The van der Waals surface area contributed by atoms with E-state index in [1.54, 1.807) is 19.1 Å². The number of sulfonamides is 1. The second-order valence-electron chi connectivity index (χ2n) is 4.88. The Kier molecular flexibility index (Phi) is 4.76. The highest BCUT2D eigenvalue weighted by molar-refractivity contribution is 7.89. The first-order chi connectivity index (χ1) is 9.94. The highest BCUT2D eigenvalue weighted by Gasteiger charge is 2.18. The predicted octanol–water partition coefficient (Wildman–Crippen LogP) is 1.49. The third-order valence-electron chi connectivity index (χ3n) is 3.22. The van der Waals surface area contributed by atoms with Crippen LogP contribution in [0.4, 0.5) is 0 Å². The highest BCUT2D eigenvalue weighted by atomic mass is 32.2. The molecule has 1 aromatic carbocycles. The molecule has 7 heteroatoms. The third-order valence-corrected chi connectivity index (χ3v) is 4.76. The minimum absolute atomic E-state index is 0.0804. The van der Waals surface area contributed by atoms with Crippen molar-refractivity contribution in [1.82, 2.24) is 15.2 Å². The normalized spacial score (nSPS) is 11.8. The molecule has 0 aliphatic carbocycles. The third kappa shape index (κ3) is 3.69. The van der Waals surface area contributed by atoms with Gasteiger partial charge in [-0.1, -0.05) is 11.2 Å². The zero-order valence-corrected chi connectivity index (χ0v) is 13.1. The lowest BCUT2D eigenvalue weighted by atomic mass is 10.1. The van der Waals surface area contributed by atoms with E-state index in [-0.39, 0.29) is 11.4 Å². The summed E-state index contributed by atoms with van der Waals surface area (Å²) in [5.74, 6) is 0.471. The van der Waals surface area contributed by atoms with Crippen LogP contribution in [0.25, 0.3) is 0 Å². The topological polar surface area (TPSA) is 84.2 Å². The van der Waals surface area contributed by atoms with Crippen LogP contribution in [0.2, 0.25) is 0 Å². The van der Waals surface area contributed by atoms with Crippen molar-refractivity contribution in [2.45, 2.75) is 31.8 Å². The van der Waals surface area contributed by atoms with E-state index in [1.807, 2.05) is 20.0 Å². The maximum Gasteiger partial charge on any atom is 0.241 e. The summed E-state index contributed by atoms with van der Waals surface area (Å²) in [5, 5.41) is 6.58. The summed E-state index contributed by atoms with van der Waals surface area (Å²) >= 11 is 0. The quantitative estimate of drug-likeness (QED) is 0.844. The maximum absolute atomic E-state index is 12.4. The Morgan fingerprint density at radius 1 is 1.19 bits per heavy atom. The second kappa shape index (κ2) is 6.38. The standard InChI is InChI=1S/C14H19N3O3S/c1-10-6-11(2)14(7-12(10)8-15-3)21(18,19)17-9-13-4-5-16-20-13/h4-7,15,17H,8-9H2,1-3H3. The molecule has 21 heavy (non-hydrogen) atoms. The monoisotopic (exact) mass is 309 g/mol. The van der Waals surface area contributed by atoms with E-state index < -0.39 is 10.0 Å². The summed E-state index contributed by atoms with van der Waals surface area (Å²) in [6.07, 6.45) is 1.48. The van der Waals surface area contributed by atoms with Crippen molar-refractivity contribution < 1.29 is 12.9 Å². The van der Waals surface area contributed by atoms with Crippen molar-refractivity contribution in [2.24, 2.45) is 0 Å². The van der Waals surface area contributed by atoms with Crippen LogP contribution in [0.5, 0.6) is 0 Å². The van der Waals surface area contributed by atoms with E-state index >= 15 is 0 Å². The van der Waals surface area contributed by atoms with Gasteiger partial charge in [-0.05, 0) is 43.7 Å². The van der Waals surface area contributed by atoms with Crippen molar-refractivity contribution in [3.63, 3.8) is 0 Å². The molecule has 114 valence electrons. The molecule has 0 radical (unpaired) electrons. The summed E-state index contributed by atoms with van der Waals surface area (Å²) in [6.45, 7) is 4.46. The summed E-state index contributed by atoms with van der Waals surface area (Å²) < 4.78 is 32.3. The van der Waals surface area contributed by atoms with E-state index in [1.165, 1.54) is 6.20 Å². The van der Waals surface area contributed by atoms with Crippen LogP contribution in [0.3, 0.4) is 0 Å². The molecule has 2 rings (SSSR count). The van der Waals surface area contributed by atoms with Crippen LogP contribution in [0, 0.1) is 13.8 Å². The Morgan fingerprint density at radius 2 is 1.95 bits per heavy atom. The van der Waals surface area contributed by atoms with Crippen LogP contribution in [-0.4, -0.2) is 20.6 Å². The molecule has 1 aromatic heterocycles. The van der Waals surface area contributed by atoms with Gasteiger partial charge in [-0.3, -0.25) is 0 Å². The first kappa shape index (κ1) is 15.7. The Hall–Kier alpha value is -1.70. The molecule has 0 bridgehead atoms. The SMILES string of the molecule is CNCc1cc(S(=O)(=O)NCc2ccno2)c(C)cc1C. The molecule has 2 N–H and O–H groups in total. The second-order valence-corrected chi connectivity index (χ2v) is 6.61. The molecule has 0 spiro atoms. The molecular formula is C14H19N3O3S. The van der Waals surface area contributed by atoms with Gasteiger partial charge in [-0.2, -0.15) is 0 Å². The molecule has 2 aromatic rings. The fraction of sp³-hybridized carbons (Fsp3) is 0.357. The average Bonchev–Trinajstić information content (AvgIpc) is 2.93. The van der Waals surface area contributed by atoms with Crippen LogP contribution in [0.1, 0.15) is 22.5 Å². The molecule has 0 saturated heterocycles. The molecule has 0 aliphatic heterocycles.